The van der Waals surface area contributed by atoms with Crippen LogP contribution >= 0.6 is 11.3 Å². The molecule has 0 amide bonds. The Balaban J connectivity index is 2.40. The molecule has 1 aliphatic rings. The lowest BCUT2D eigenvalue weighted by Gasteiger charge is -2.17. The molecule has 1 aromatic heterocycles. The van der Waals surface area contributed by atoms with Crippen molar-refractivity contribution < 1.29 is 8.42 Å². The van der Waals surface area contributed by atoms with Gasteiger partial charge in [0.1, 0.15) is 4.90 Å². The molecular formula is C11H18N2O2S2. The Morgan fingerprint density at radius 2 is 2.18 bits per heavy atom. The van der Waals surface area contributed by atoms with E-state index in [1.165, 1.54) is 15.6 Å². The van der Waals surface area contributed by atoms with Crippen LogP contribution in [0.1, 0.15) is 23.3 Å². The molecule has 1 heterocycles. The summed E-state index contributed by atoms with van der Waals surface area (Å²) in [5.74, 6) is 0. The van der Waals surface area contributed by atoms with E-state index < -0.39 is 10.0 Å². The van der Waals surface area contributed by atoms with E-state index in [1.807, 2.05) is 19.4 Å². The van der Waals surface area contributed by atoms with Crippen molar-refractivity contribution >= 4 is 21.4 Å². The SMILES string of the molecule is CNCc1scc(C)c1S(=O)(=O)N(C)C1CC1. The first kappa shape index (κ1) is 13.0. The standard InChI is InChI=1S/C11H18N2O2S2/c1-8-7-16-10(6-12-2)11(8)17(14,15)13(3)9-4-5-9/h7,9,12H,4-6H2,1-3H3. The maximum atomic E-state index is 12.5. The number of nitrogens with zero attached hydrogens (tertiary/aromatic N) is 1. The van der Waals surface area contributed by atoms with E-state index in [0.717, 1.165) is 23.3 Å². The van der Waals surface area contributed by atoms with Gasteiger partial charge in [-0.3, -0.25) is 0 Å². The zero-order valence-corrected chi connectivity index (χ0v) is 12.0. The first-order chi connectivity index (χ1) is 7.98. The van der Waals surface area contributed by atoms with Crippen LogP contribution in [-0.4, -0.2) is 32.9 Å². The Kier molecular flexibility index (Phi) is 3.58. The molecule has 0 bridgehead atoms. The lowest BCUT2D eigenvalue weighted by atomic mass is 10.3. The predicted octanol–water partition coefficient (Wildman–Crippen LogP) is 1.56. The average Bonchev–Trinajstić information content (AvgIpc) is 3.03. The average molecular weight is 274 g/mol. The van der Waals surface area contributed by atoms with Crippen molar-refractivity contribution in [3.05, 3.63) is 15.8 Å². The highest BCUT2D eigenvalue weighted by atomic mass is 32.2. The molecule has 0 radical (unpaired) electrons. The molecule has 4 nitrogen and oxygen atoms in total. The van der Waals surface area contributed by atoms with Gasteiger partial charge in [-0.15, -0.1) is 11.3 Å². The van der Waals surface area contributed by atoms with E-state index in [0.29, 0.717) is 11.4 Å². The van der Waals surface area contributed by atoms with Crippen LogP contribution in [0.4, 0.5) is 0 Å². The van der Waals surface area contributed by atoms with E-state index >= 15 is 0 Å². The number of aryl methyl sites for hydroxylation is 1. The third-order valence-electron chi connectivity index (χ3n) is 3.02. The zero-order chi connectivity index (χ0) is 12.6. The van der Waals surface area contributed by atoms with Crippen molar-refractivity contribution in [2.24, 2.45) is 0 Å². The van der Waals surface area contributed by atoms with Gasteiger partial charge in [-0.05, 0) is 37.8 Å². The third kappa shape index (κ3) is 2.40. The summed E-state index contributed by atoms with van der Waals surface area (Å²) in [6.45, 7) is 2.47. The molecule has 0 spiro atoms. The van der Waals surface area contributed by atoms with Gasteiger partial charge < -0.3 is 5.32 Å². The van der Waals surface area contributed by atoms with Crippen LogP contribution in [0.2, 0.25) is 0 Å². The van der Waals surface area contributed by atoms with Crippen LogP contribution in [0.3, 0.4) is 0 Å². The Labute approximate surface area is 107 Å². The van der Waals surface area contributed by atoms with Crippen molar-refractivity contribution in [2.45, 2.75) is 37.2 Å². The highest BCUT2D eigenvalue weighted by molar-refractivity contribution is 7.89. The number of hydrogen-bond donors (Lipinski definition) is 1. The highest BCUT2D eigenvalue weighted by Crippen LogP contribution is 2.34. The van der Waals surface area contributed by atoms with Gasteiger partial charge in [0.25, 0.3) is 0 Å². The Bertz CT molecular complexity index is 504. The molecule has 17 heavy (non-hydrogen) atoms. The fraction of sp³-hybridized carbons (Fsp3) is 0.636. The quantitative estimate of drug-likeness (QED) is 0.886. The summed E-state index contributed by atoms with van der Waals surface area (Å²) in [5, 5.41) is 4.94. The van der Waals surface area contributed by atoms with Crippen LogP contribution in [-0.2, 0) is 16.6 Å². The second-order valence-corrected chi connectivity index (χ2v) is 7.35. The molecule has 0 aromatic carbocycles. The molecule has 1 aliphatic carbocycles. The Morgan fingerprint density at radius 3 is 2.71 bits per heavy atom. The second kappa shape index (κ2) is 4.68. The van der Waals surface area contributed by atoms with Gasteiger partial charge >= 0.3 is 0 Å². The van der Waals surface area contributed by atoms with Gasteiger partial charge in [-0.25, -0.2) is 8.42 Å². The number of sulfonamides is 1. The first-order valence-corrected chi connectivity index (χ1v) is 8.00. The van der Waals surface area contributed by atoms with E-state index in [1.54, 1.807) is 7.05 Å². The molecule has 1 saturated carbocycles. The second-order valence-electron chi connectivity index (χ2n) is 4.45. The van der Waals surface area contributed by atoms with Crippen molar-refractivity contribution in [3.63, 3.8) is 0 Å². The number of nitrogens with one attached hydrogen (secondary N) is 1. The molecule has 0 aliphatic heterocycles. The first-order valence-electron chi connectivity index (χ1n) is 5.68. The molecule has 6 heteroatoms. The van der Waals surface area contributed by atoms with Gasteiger partial charge in [-0.1, -0.05) is 0 Å². The predicted molar refractivity (Wildman–Crippen MR) is 69.8 cm³/mol. The summed E-state index contributed by atoms with van der Waals surface area (Å²) in [6, 6.07) is 0.210. The summed E-state index contributed by atoms with van der Waals surface area (Å²) >= 11 is 1.51. The lowest BCUT2D eigenvalue weighted by molar-refractivity contribution is 0.463. The minimum Gasteiger partial charge on any atom is -0.315 e. The van der Waals surface area contributed by atoms with Crippen LogP contribution in [0.5, 0.6) is 0 Å². The molecule has 96 valence electrons. The number of hydrogen-bond acceptors (Lipinski definition) is 4. The molecule has 1 aromatic rings. The van der Waals surface area contributed by atoms with E-state index in [2.05, 4.69) is 5.32 Å². The summed E-state index contributed by atoms with van der Waals surface area (Å²) < 4.78 is 26.5. The summed E-state index contributed by atoms with van der Waals surface area (Å²) in [4.78, 5) is 1.41. The van der Waals surface area contributed by atoms with Crippen LogP contribution < -0.4 is 5.32 Å². The molecule has 0 unspecified atom stereocenters. The van der Waals surface area contributed by atoms with Crippen molar-refractivity contribution in [1.82, 2.24) is 9.62 Å². The zero-order valence-electron chi connectivity index (χ0n) is 10.4. The largest absolute Gasteiger partial charge is 0.315 e. The molecule has 1 fully saturated rings. The smallest absolute Gasteiger partial charge is 0.244 e. The fourth-order valence-corrected chi connectivity index (χ4v) is 5.08. The molecule has 0 atom stereocenters. The van der Waals surface area contributed by atoms with Gasteiger partial charge in [0.2, 0.25) is 10.0 Å². The maximum Gasteiger partial charge on any atom is 0.244 e. The van der Waals surface area contributed by atoms with Gasteiger partial charge in [-0.2, -0.15) is 4.31 Å². The minimum atomic E-state index is -3.31. The van der Waals surface area contributed by atoms with Crippen LogP contribution in [0.15, 0.2) is 10.3 Å². The van der Waals surface area contributed by atoms with E-state index in [-0.39, 0.29) is 6.04 Å². The molecule has 2 rings (SSSR count). The number of rotatable bonds is 5. The lowest BCUT2D eigenvalue weighted by Crippen LogP contribution is -2.30. The number of thiophene rings is 1. The third-order valence-corrected chi connectivity index (χ3v) is 6.40. The van der Waals surface area contributed by atoms with Crippen molar-refractivity contribution in [2.75, 3.05) is 14.1 Å². The van der Waals surface area contributed by atoms with Gasteiger partial charge in [0, 0.05) is 24.5 Å². The van der Waals surface area contributed by atoms with Gasteiger partial charge in [0.05, 0.1) is 0 Å². The van der Waals surface area contributed by atoms with Crippen molar-refractivity contribution in [3.8, 4) is 0 Å². The maximum absolute atomic E-state index is 12.5. The van der Waals surface area contributed by atoms with Crippen molar-refractivity contribution in [1.29, 1.82) is 0 Å². The molecule has 0 saturated heterocycles. The van der Waals surface area contributed by atoms with E-state index in [9.17, 15) is 8.42 Å². The molecule has 1 N–H and O–H groups in total. The fourth-order valence-electron chi connectivity index (χ4n) is 1.89. The molecular weight excluding hydrogens is 256 g/mol. The summed E-state index contributed by atoms with van der Waals surface area (Å²) in [7, 11) is 0.205. The van der Waals surface area contributed by atoms with Crippen LogP contribution in [0.25, 0.3) is 0 Å². The topological polar surface area (TPSA) is 49.4 Å². The Hall–Kier alpha value is -0.430. The Morgan fingerprint density at radius 1 is 1.53 bits per heavy atom. The normalized spacial score (nSPS) is 16.7. The monoisotopic (exact) mass is 274 g/mol. The van der Waals surface area contributed by atoms with E-state index in [4.69, 9.17) is 0 Å². The van der Waals surface area contributed by atoms with Crippen LogP contribution in [0, 0.1) is 6.92 Å². The summed E-state index contributed by atoms with van der Waals surface area (Å²) in [5.41, 5.74) is 0.854. The summed E-state index contributed by atoms with van der Waals surface area (Å²) in [6.07, 6.45) is 1.97. The highest BCUT2D eigenvalue weighted by Gasteiger charge is 2.37. The minimum absolute atomic E-state index is 0.210. The van der Waals surface area contributed by atoms with Gasteiger partial charge in [0.15, 0.2) is 0 Å².